The molecular formula is C110H116N16O10Zn. The van der Waals surface area contributed by atoms with Gasteiger partial charge in [-0.05, 0) is 173 Å². The molecule has 8 aromatic carbocycles. The number of nitrogens with zero attached hydrogens (tertiary/aromatic N) is 16. The molecule has 0 spiro atoms. The Balaban J connectivity index is 0.0000136. The summed E-state index contributed by atoms with van der Waals surface area (Å²) in [7, 11) is 0. The number of ether oxygens (including phenoxy) is 8. The number of hydrogen-bond donors (Lipinski definition) is 2. The Morgan fingerprint density at radius 1 is 0.204 bits per heavy atom. The average molecular weight is 1890 g/mol. The maximum absolute atomic E-state index is 10.3. The van der Waals surface area contributed by atoms with E-state index in [9.17, 15) is 10.2 Å². The van der Waals surface area contributed by atoms with Crippen LogP contribution in [0.25, 0.3) is 90.7 Å². The summed E-state index contributed by atoms with van der Waals surface area (Å²) in [5.74, 6) is 3.01. The number of benzene rings is 8. The van der Waals surface area contributed by atoms with E-state index in [-0.39, 0.29) is 241 Å². The molecule has 2 aliphatic rings. The molecule has 0 aliphatic carbocycles. The molecule has 2 N–H and O–H groups in total. The fraction of sp³-hybridized carbons (Fsp3) is 0.345. The van der Waals surface area contributed by atoms with E-state index in [0.29, 0.717) is 57.1 Å². The van der Waals surface area contributed by atoms with Gasteiger partial charge in [0.15, 0.2) is 0 Å². The summed E-state index contributed by atoms with van der Waals surface area (Å²) < 4.78 is 58.3. The summed E-state index contributed by atoms with van der Waals surface area (Å²) in [6, 6.07) is 50.7. The van der Waals surface area contributed by atoms with E-state index >= 15 is 0 Å². The molecule has 9 heterocycles. The summed E-state index contributed by atoms with van der Waals surface area (Å²) in [6.07, 6.45) is 0. The number of para-hydroxylation sites is 6. The molecule has 0 saturated carbocycles. The van der Waals surface area contributed by atoms with Gasteiger partial charge in [0, 0.05) is 22.6 Å². The van der Waals surface area contributed by atoms with E-state index in [1.165, 1.54) is 0 Å². The van der Waals surface area contributed by atoms with Crippen molar-refractivity contribution in [3.8, 4) is 139 Å². The van der Waals surface area contributed by atoms with Crippen LogP contribution in [-0.4, -0.2) is 80.0 Å². The van der Waals surface area contributed by atoms with Crippen molar-refractivity contribution in [2.75, 3.05) is 0 Å². The van der Waals surface area contributed by atoms with E-state index in [4.69, 9.17) is 118 Å². The third kappa shape index (κ3) is 19.4. The molecular weight excluding hydrogens is 1770 g/mol. The molecule has 8 bridgehead atoms. The molecule has 0 unspecified atom stereocenters. The first-order valence-corrected chi connectivity index (χ1v) is 47.2. The Morgan fingerprint density at radius 3 is 0.526 bits per heavy atom. The molecule has 17 rings (SSSR count). The van der Waals surface area contributed by atoms with Gasteiger partial charge in [0.25, 0.3) is 47.0 Å². The normalized spacial score (nSPS) is 12.1. The number of aliphatic hydroxyl groups excluding tert-OH is 2. The number of aliphatic hydroxyl groups is 2. The third-order valence-electron chi connectivity index (χ3n) is 24.5. The monoisotopic (exact) mass is 1880 g/mol. The average Bonchev–Trinajstić information content (AvgIpc) is 1.59. The number of aromatic nitrogens is 16. The second kappa shape index (κ2) is 40.0. The smallest absolute Gasteiger partial charge is 0.435 e. The minimum atomic E-state index is -0.223. The van der Waals surface area contributed by atoms with Gasteiger partial charge in [-0.15, -0.1) is 0 Å². The van der Waals surface area contributed by atoms with E-state index in [2.05, 4.69) is 239 Å². The zero-order valence-electron chi connectivity index (χ0n) is 82.4. The fourth-order valence-corrected chi connectivity index (χ4v) is 17.0. The van der Waals surface area contributed by atoms with Crippen LogP contribution >= 0.6 is 0 Å². The van der Waals surface area contributed by atoms with Gasteiger partial charge < -0.3 is 78.0 Å². The first kappa shape index (κ1) is 96.5. The van der Waals surface area contributed by atoms with Crippen LogP contribution in [0.2, 0.25) is 0 Å². The summed E-state index contributed by atoms with van der Waals surface area (Å²) in [5.41, 5.74) is 12.5. The Kier molecular flexibility index (Phi) is 28.2. The Bertz CT molecular complexity index is 6690. The molecule has 137 heavy (non-hydrogen) atoms. The standard InChI is InChI=1S/C110H116N16O10.Zn/c1-53(2)69-31-25-32-70(54(3)4)89(69)131-105-107(133-91-73(57(9)10)35-27-36-74(91)58(11)12)115-85-83(113-105)97-120-95-81-82(112-104(130-68-49-45-66(52-128)46-50-68)103(111-81)129-67-47-43-65(51-127)44-48-67)96(119-95)121-98-84-86(116-108(134-92-75(59(13)14)37-28-38-76(92)60(15)16)106(114-84)132-90-71(55(5)6)33-26-34-72(90)56(7)8)100(123-98)125-102-88-87(101(126-102)124-99(85)122-97)117-109(135-93-77(61(17)18)39-29-40-78(93)62(19)20)110(118-88)136-94-79(63(21)22)41-30-42-80(94)64(23)24;/h25-50,53-64,127-128H,51-52H2,1-24H3;/q-2;+2. The maximum Gasteiger partial charge on any atom is 2.00 e. The topological polar surface area (TPSA) is 323 Å². The van der Waals surface area contributed by atoms with Crippen LogP contribution in [0.1, 0.15) is 315 Å². The molecule has 15 aromatic rings. The molecule has 0 amide bonds. The van der Waals surface area contributed by atoms with Crippen molar-refractivity contribution in [1.82, 2.24) is 79.7 Å². The molecule has 0 fully saturated rings. The molecule has 0 atom stereocenters. The molecule has 26 nitrogen and oxygen atoms in total. The van der Waals surface area contributed by atoms with Gasteiger partial charge in [0.05, 0.1) is 13.2 Å². The summed E-state index contributed by atoms with van der Waals surface area (Å²) in [6.45, 7) is 50.5. The predicted octanol–water partition coefficient (Wildman–Crippen LogP) is 28.1. The molecule has 27 heteroatoms. The van der Waals surface area contributed by atoms with Crippen molar-refractivity contribution in [2.24, 2.45) is 0 Å². The molecule has 0 radical (unpaired) electrons. The number of rotatable bonds is 30. The largest absolute Gasteiger partial charge is 2.00 e. The molecule has 698 valence electrons. The summed E-state index contributed by atoms with van der Waals surface area (Å²) in [5, 5.41) is 20.6. The van der Waals surface area contributed by atoms with Gasteiger partial charge in [-0.1, -0.05) is 300 Å². The minimum Gasteiger partial charge on any atom is -0.435 e. The zero-order valence-corrected chi connectivity index (χ0v) is 85.3. The molecule has 2 aliphatic heterocycles. The number of hydrogen-bond acceptors (Lipinski definition) is 24. The summed E-state index contributed by atoms with van der Waals surface area (Å²) in [4.78, 5) is 88.1. The number of fused-ring (bicyclic) bond motifs is 20. The van der Waals surface area contributed by atoms with E-state index in [1.54, 1.807) is 48.5 Å². The van der Waals surface area contributed by atoms with Crippen molar-refractivity contribution >= 4 is 44.7 Å². The van der Waals surface area contributed by atoms with Crippen LogP contribution in [0, 0.1) is 0 Å². The molecule has 0 saturated heterocycles. The Hall–Kier alpha value is -13.6. The second-order valence-electron chi connectivity index (χ2n) is 38.5. The van der Waals surface area contributed by atoms with Gasteiger partial charge in [0.2, 0.25) is 0 Å². The van der Waals surface area contributed by atoms with Crippen molar-refractivity contribution in [3.63, 3.8) is 0 Å². The van der Waals surface area contributed by atoms with Crippen LogP contribution in [-0.2, 0) is 32.7 Å². The van der Waals surface area contributed by atoms with Gasteiger partial charge in [-0.2, -0.15) is 0 Å². The van der Waals surface area contributed by atoms with Crippen molar-refractivity contribution < 1.29 is 67.6 Å². The predicted molar refractivity (Wildman–Crippen MR) is 529 cm³/mol. The van der Waals surface area contributed by atoms with Crippen molar-refractivity contribution in [2.45, 2.75) is 250 Å². The van der Waals surface area contributed by atoms with Gasteiger partial charge >= 0.3 is 19.5 Å². The van der Waals surface area contributed by atoms with Gasteiger partial charge in [0.1, 0.15) is 114 Å². The molecule has 7 aromatic heterocycles. The van der Waals surface area contributed by atoms with E-state index in [0.717, 1.165) is 66.8 Å². The quantitative estimate of drug-likeness (QED) is 0.0395. The minimum absolute atomic E-state index is 0. The van der Waals surface area contributed by atoms with Gasteiger partial charge in [-0.3, -0.25) is 0 Å². The summed E-state index contributed by atoms with van der Waals surface area (Å²) >= 11 is 0. The SMILES string of the molecule is CC(C)c1cccc(C(C)C)c1Oc1nc2c(nc1Oc1c(C(C)C)cccc1C(C)C)-c1nc-2nc2[n-]c(nc3nc(nc4[n-]c(n1)c1nc(Oc5c(C(C)C)cccc5C(C)C)c(Oc5c(C(C)C)cccc5C(C)C)nc41)-c1nc(Oc4ccc(CO)cc4)c(Oc4ccc(CO)cc4)nc1-3)c1nc(Oc3c(C(C)C)cccc3C(C)C)c(Oc3c(C(C)C)cccc3C(C)C)nc21.[Zn+2]. The first-order valence-electron chi connectivity index (χ1n) is 47.2. The van der Waals surface area contributed by atoms with Crippen LogP contribution in [0.15, 0.2) is 158 Å². The maximum atomic E-state index is 10.3. The first-order chi connectivity index (χ1) is 65.2. The fourth-order valence-electron chi connectivity index (χ4n) is 17.0. The Morgan fingerprint density at radius 2 is 0.365 bits per heavy atom. The van der Waals surface area contributed by atoms with Crippen LogP contribution in [0.4, 0.5) is 0 Å². The second-order valence-corrected chi connectivity index (χ2v) is 38.5. The third-order valence-corrected chi connectivity index (χ3v) is 24.5. The van der Waals surface area contributed by atoms with Crippen LogP contribution in [0.3, 0.4) is 0 Å². The Labute approximate surface area is 812 Å². The van der Waals surface area contributed by atoms with Crippen LogP contribution < -0.4 is 47.9 Å². The van der Waals surface area contributed by atoms with Crippen molar-refractivity contribution in [3.05, 3.63) is 236 Å². The zero-order chi connectivity index (χ0) is 96.3. The van der Waals surface area contributed by atoms with Crippen LogP contribution in [0.5, 0.6) is 93.0 Å². The van der Waals surface area contributed by atoms with Crippen molar-refractivity contribution in [1.29, 1.82) is 0 Å². The van der Waals surface area contributed by atoms with E-state index in [1.807, 2.05) is 36.4 Å². The van der Waals surface area contributed by atoms with Gasteiger partial charge in [-0.25, -0.2) is 49.8 Å². The van der Waals surface area contributed by atoms with E-state index < -0.39 is 0 Å².